The molecule has 0 aromatic heterocycles. The Kier molecular flexibility index (Phi) is 5.21. The lowest BCUT2D eigenvalue weighted by Crippen LogP contribution is -2.26. The van der Waals surface area contributed by atoms with E-state index in [-0.39, 0.29) is 5.92 Å². The van der Waals surface area contributed by atoms with Gasteiger partial charge in [0, 0.05) is 24.2 Å². The van der Waals surface area contributed by atoms with E-state index in [1.807, 2.05) is 24.3 Å². The molecule has 1 aliphatic carbocycles. The van der Waals surface area contributed by atoms with Crippen molar-refractivity contribution in [2.45, 2.75) is 38.3 Å². The van der Waals surface area contributed by atoms with Crippen LogP contribution in [0.3, 0.4) is 0 Å². The maximum absolute atomic E-state index is 11.0. The Morgan fingerprint density at radius 2 is 2.00 bits per heavy atom. The van der Waals surface area contributed by atoms with Crippen molar-refractivity contribution in [2.75, 3.05) is 11.6 Å². The van der Waals surface area contributed by atoms with Crippen LogP contribution in [-0.2, 0) is 16.6 Å². The smallest absolute Gasteiger partial charge is 0.209 e. The van der Waals surface area contributed by atoms with Crippen LogP contribution in [0.25, 0.3) is 0 Å². The zero-order valence-electron chi connectivity index (χ0n) is 12.2. The van der Waals surface area contributed by atoms with Crippen LogP contribution in [0.15, 0.2) is 24.3 Å². The van der Waals surface area contributed by atoms with Crippen molar-refractivity contribution in [3.05, 3.63) is 29.8 Å². The second kappa shape index (κ2) is 6.92. The number of nitriles is 1. The predicted molar refractivity (Wildman–Crippen MR) is 83.1 cm³/mol. The van der Waals surface area contributed by atoms with Gasteiger partial charge in [-0.15, -0.1) is 0 Å². The largest absolute Gasteiger partial charge is 0.382 e. The molecule has 1 aromatic rings. The molecular weight excluding hydrogens is 286 g/mol. The maximum Gasteiger partial charge on any atom is 0.209 e. The van der Waals surface area contributed by atoms with Crippen LogP contribution in [0.5, 0.6) is 0 Å². The van der Waals surface area contributed by atoms with Gasteiger partial charge in [-0.3, -0.25) is 0 Å². The monoisotopic (exact) mass is 307 g/mol. The molecule has 6 heteroatoms. The third kappa shape index (κ3) is 5.37. The SMILES string of the molecule is CS(=O)(=O)NCc1ccc(N[C@@H]2CCC[C@@H](C#N)C2)cc1. The highest BCUT2D eigenvalue weighted by Gasteiger charge is 2.21. The molecule has 0 unspecified atom stereocenters. The third-order valence-electron chi connectivity index (χ3n) is 3.72. The Morgan fingerprint density at radius 1 is 1.29 bits per heavy atom. The molecular formula is C15H21N3O2S. The molecule has 0 amide bonds. The van der Waals surface area contributed by atoms with E-state index in [9.17, 15) is 8.42 Å². The molecule has 1 aliphatic rings. The first kappa shape index (κ1) is 15.8. The van der Waals surface area contributed by atoms with E-state index in [4.69, 9.17) is 5.26 Å². The first-order valence-electron chi connectivity index (χ1n) is 7.16. The lowest BCUT2D eigenvalue weighted by Gasteiger charge is -2.27. The molecule has 114 valence electrons. The summed E-state index contributed by atoms with van der Waals surface area (Å²) in [5, 5.41) is 12.5. The molecule has 2 rings (SSSR count). The van der Waals surface area contributed by atoms with Gasteiger partial charge in [-0.25, -0.2) is 13.1 Å². The Bertz CT molecular complexity index is 605. The van der Waals surface area contributed by atoms with Gasteiger partial charge < -0.3 is 5.32 Å². The standard InChI is InChI=1S/C15H21N3O2S/c1-21(19,20)17-11-12-5-7-14(8-6-12)18-15-4-2-3-13(9-15)10-16/h5-8,13,15,17-18H,2-4,9,11H2,1H3/t13-,15-/m1/s1. The van der Waals surface area contributed by atoms with Crippen LogP contribution in [-0.4, -0.2) is 20.7 Å². The number of benzene rings is 1. The summed E-state index contributed by atoms with van der Waals surface area (Å²) in [6.07, 6.45) is 5.23. The Hall–Kier alpha value is -1.58. The minimum Gasteiger partial charge on any atom is -0.382 e. The summed E-state index contributed by atoms with van der Waals surface area (Å²) >= 11 is 0. The first-order chi connectivity index (χ1) is 9.96. The molecule has 1 saturated carbocycles. The molecule has 5 nitrogen and oxygen atoms in total. The van der Waals surface area contributed by atoms with E-state index >= 15 is 0 Å². The van der Waals surface area contributed by atoms with E-state index in [1.165, 1.54) is 0 Å². The van der Waals surface area contributed by atoms with E-state index in [0.717, 1.165) is 43.2 Å². The number of rotatable bonds is 5. The minimum absolute atomic E-state index is 0.162. The third-order valence-corrected chi connectivity index (χ3v) is 4.39. The molecule has 21 heavy (non-hydrogen) atoms. The fraction of sp³-hybridized carbons (Fsp3) is 0.533. The Balaban J connectivity index is 1.89. The number of sulfonamides is 1. The fourth-order valence-corrected chi connectivity index (χ4v) is 3.04. The van der Waals surface area contributed by atoms with E-state index in [1.54, 1.807) is 0 Å². The van der Waals surface area contributed by atoms with Crippen LogP contribution in [0, 0.1) is 17.2 Å². The summed E-state index contributed by atoms with van der Waals surface area (Å²) in [6, 6.07) is 10.4. The van der Waals surface area contributed by atoms with Gasteiger partial charge in [-0.2, -0.15) is 5.26 Å². The summed E-state index contributed by atoms with van der Waals surface area (Å²) in [7, 11) is -3.16. The Morgan fingerprint density at radius 3 is 2.62 bits per heavy atom. The quantitative estimate of drug-likeness (QED) is 0.874. The maximum atomic E-state index is 11.0. The van der Waals surface area contributed by atoms with Gasteiger partial charge in [-0.1, -0.05) is 18.6 Å². The van der Waals surface area contributed by atoms with Gasteiger partial charge in [0.05, 0.1) is 12.3 Å². The molecule has 1 aromatic carbocycles. The molecule has 0 saturated heterocycles. The van der Waals surface area contributed by atoms with Crippen molar-refractivity contribution < 1.29 is 8.42 Å². The normalized spacial score (nSPS) is 22.5. The van der Waals surface area contributed by atoms with Gasteiger partial charge in [0.15, 0.2) is 0 Å². The molecule has 0 aliphatic heterocycles. The summed E-state index contributed by atoms with van der Waals surface area (Å²) in [5.41, 5.74) is 1.94. The summed E-state index contributed by atoms with van der Waals surface area (Å²) in [5.74, 6) is 0.162. The minimum atomic E-state index is -3.16. The van der Waals surface area contributed by atoms with E-state index < -0.39 is 10.0 Å². The zero-order chi connectivity index (χ0) is 15.3. The van der Waals surface area contributed by atoms with Crippen LogP contribution in [0.1, 0.15) is 31.2 Å². The molecule has 0 heterocycles. The molecule has 1 fully saturated rings. The highest BCUT2D eigenvalue weighted by molar-refractivity contribution is 7.88. The van der Waals surface area contributed by atoms with Crippen LogP contribution in [0.4, 0.5) is 5.69 Å². The zero-order valence-corrected chi connectivity index (χ0v) is 13.0. The lowest BCUT2D eigenvalue weighted by molar-refractivity contribution is 0.395. The molecule has 2 N–H and O–H groups in total. The van der Waals surface area contributed by atoms with Crippen molar-refractivity contribution in [1.82, 2.24) is 4.72 Å². The fourth-order valence-electron chi connectivity index (χ4n) is 2.61. The number of nitrogens with one attached hydrogen (secondary N) is 2. The van der Waals surface area contributed by atoms with Crippen molar-refractivity contribution in [1.29, 1.82) is 5.26 Å². The summed E-state index contributed by atoms with van der Waals surface area (Å²) < 4.78 is 24.6. The predicted octanol–water partition coefficient (Wildman–Crippen LogP) is 2.23. The number of hydrogen-bond acceptors (Lipinski definition) is 4. The van der Waals surface area contributed by atoms with Crippen molar-refractivity contribution in [3.63, 3.8) is 0 Å². The second-order valence-electron chi connectivity index (χ2n) is 5.62. The second-order valence-corrected chi connectivity index (χ2v) is 7.46. The molecule has 0 bridgehead atoms. The Labute approximate surface area is 126 Å². The highest BCUT2D eigenvalue weighted by atomic mass is 32.2. The van der Waals surface area contributed by atoms with Crippen molar-refractivity contribution >= 4 is 15.7 Å². The molecule has 2 atom stereocenters. The summed E-state index contributed by atoms with van der Waals surface area (Å²) in [4.78, 5) is 0. The topological polar surface area (TPSA) is 82.0 Å². The van der Waals surface area contributed by atoms with Gasteiger partial charge in [0.25, 0.3) is 0 Å². The van der Waals surface area contributed by atoms with E-state index in [2.05, 4.69) is 16.1 Å². The van der Waals surface area contributed by atoms with Crippen LogP contribution >= 0.6 is 0 Å². The van der Waals surface area contributed by atoms with E-state index in [0.29, 0.717) is 12.6 Å². The van der Waals surface area contributed by atoms with Gasteiger partial charge in [-0.05, 0) is 37.0 Å². The van der Waals surface area contributed by atoms with Crippen molar-refractivity contribution in [2.24, 2.45) is 5.92 Å². The van der Waals surface area contributed by atoms with Gasteiger partial charge >= 0.3 is 0 Å². The first-order valence-corrected chi connectivity index (χ1v) is 9.05. The van der Waals surface area contributed by atoms with Gasteiger partial charge in [0.2, 0.25) is 10.0 Å². The van der Waals surface area contributed by atoms with Gasteiger partial charge in [0.1, 0.15) is 0 Å². The number of anilines is 1. The number of nitrogens with zero attached hydrogens (tertiary/aromatic N) is 1. The highest BCUT2D eigenvalue weighted by Crippen LogP contribution is 2.26. The average molecular weight is 307 g/mol. The van der Waals surface area contributed by atoms with Crippen molar-refractivity contribution in [3.8, 4) is 6.07 Å². The summed E-state index contributed by atoms with van der Waals surface area (Å²) in [6.45, 7) is 0.305. The lowest BCUT2D eigenvalue weighted by atomic mass is 9.86. The number of hydrogen-bond donors (Lipinski definition) is 2. The average Bonchev–Trinajstić information content (AvgIpc) is 2.46. The molecule has 0 spiro atoms. The van der Waals surface area contributed by atoms with Crippen LogP contribution in [0.2, 0.25) is 0 Å². The molecule has 0 radical (unpaired) electrons. The van der Waals surface area contributed by atoms with Crippen LogP contribution < -0.4 is 10.0 Å².